The lowest BCUT2D eigenvalue weighted by atomic mass is 10.2. The van der Waals surface area contributed by atoms with E-state index in [2.05, 4.69) is 20.3 Å². The first-order valence-corrected chi connectivity index (χ1v) is 9.91. The third-order valence-electron chi connectivity index (χ3n) is 4.14. The van der Waals surface area contributed by atoms with E-state index in [-0.39, 0.29) is 11.8 Å². The highest BCUT2D eigenvalue weighted by molar-refractivity contribution is 7.98. The van der Waals surface area contributed by atoms with Gasteiger partial charge in [0.1, 0.15) is 11.5 Å². The van der Waals surface area contributed by atoms with Crippen LogP contribution in [0, 0.1) is 5.82 Å². The Balaban J connectivity index is 1.71. The molecule has 0 aliphatic carbocycles. The normalized spacial score (nSPS) is 11.1. The minimum atomic E-state index is -0.466. The summed E-state index contributed by atoms with van der Waals surface area (Å²) in [6.07, 6.45) is 4.34. The molecule has 0 atom stereocenters. The van der Waals surface area contributed by atoms with Gasteiger partial charge in [0.15, 0.2) is 5.96 Å². The van der Waals surface area contributed by atoms with E-state index in [0.717, 1.165) is 16.8 Å². The van der Waals surface area contributed by atoms with Crippen LogP contribution in [0.1, 0.15) is 12.0 Å². The number of aliphatic imine (C=N–C) groups is 1. The Morgan fingerprint density at radius 1 is 1.39 bits per heavy atom. The average molecular weight is 403 g/mol. The van der Waals surface area contributed by atoms with Gasteiger partial charge in [0, 0.05) is 30.2 Å². The van der Waals surface area contributed by atoms with Crippen molar-refractivity contribution >= 4 is 28.8 Å². The van der Waals surface area contributed by atoms with Gasteiger partial charge in [-0.05, 0) is 37.4 Å². The van der Waals surface area contributed by atoms with Crippen molar-refractivity contribution in [1.82, 2.24) is 19.9 Å². The lowest BCUT2D eigenvalue weighted by Gasteiger charge is -2.09. The molecule has 2 heterocycles. The SMILES string of the molecule is CSc1cc2cn(-c3ccc(CNCCCN=C(N)N)c(F)c3)c(=O)nc2[nH]1. The lowest BCUT2D eigenvalue weighted by Crippen LogP contribution is -2.23. The maximum atomic E-state index is 14.5. The number of thioether (sulfide) groups is 1. The number of benzene rings is 1. The van der Waals surface area contributed by atoms with Gasteiger partial charge < -0.3 is 21.8 Å². The molecule has 148 valence electrons. The smallest absolute Gasteiger partial charge is 0.354 e. The fraction of sp³-hybridized carbons (Fsp3) is 0.278. The zero-order valence-corrected chi connectivity index (χ0v) is 16.2. The molecule has 2 aromatic heterocycles. The molecule has 0 unspecified atom stereocenters. The van der Waals surface area contributed by atoms with Gasteiger partial charge in [-0.15, -0.1) is 11.8 Å². The van der Waals surface area contributed by atoms with E-state index < -0.39 is 5.69 Å². The van der Waals surface area contributed by atoms with Crippen LogP contribution >= 0.6 is 11.8 Å². The molecule has 10 heteroatoms. The van der Waals surface area contributed by atoms with Gasteiger partial charge in [-0.2, -0.15) is 4.98 Å². The molecule has 0 fully saturated rings. The van der Waals surface area contributed by atoms with Gasteiger partial charge in [0.05, 0.1) is 10.7 Å². The number of halogens is 1. The Labute approximate surface area is 165 Å². The van der Waals surface area contributed by atoms with Gasteiger partial charge in [0.2, 0.25) is 0 Å². The maximum Gasteiger partial charge on any atom is 0.354 e. The van der Waals surface area contributed by atoms with Gasteiger partial charge >= 0.3 is 5.69 Å². The molecule has 0 saturated carbocycles. The number of guanidine groups is 1. The second-order valence-corrected chi connectivity index (χ2v) is 7.00. The van der Waals surface area contributed by atoms with Crippen LogP contribution in [0.5, 0.6) is 0 Å². The van der Waals surface area contributed by atoms with E-state index in [1.807, 2.05) is 12.3 Å². The molecule has 8 nitrogen and oxygen atoms in total. The Morgan fingerprint density at radius 2 is 2.21 bits per heavy atom. The molecule has 0 spiro atoms. The minimum Gasteiger partial charge on any atom is -0.370 e. The number of aromatic amines is 1. The summed E-state index contributed by atoms with van der Waals surface area (Å²) in [6, 6.07) is 6.61. The Morgan fingerprint density at radius 3 is 2.93 bits per heavy atom. The van der Waals surface area contributed by atoms with E-state index in [9.17, 15) is 9.18 Å². The van der Waals surface area contributed by atoms with E-state index in [1.54, 1.807) is 18.3 Å². The zero-order chi connectivity index (χ0) is 20.1. The molecule has 0 bridgehead atoms. The maximum absolute atomic E-state index is 14.5. The third-order valence-corrected chi connectivity index (χ3v) is 4.80. The van der Waals surface area contributed by atoms with E-state index >= 15 is 0 Å². The second-order valence-electron chi connectivity index (χ2n) is 6.15. The molecule has 1 aromatic carbocycles. The third kappa shape index (κ3) is 4.70. The van der Waals surface area contributed by atoms with Crippen molar-refractivity contribution in [1.29, 1.82) is 0 Å². The standard InChI is InChI=1S/C18H22FN7OS/c1-28-15-7-12-10-26(18(27)25-16(12)24-15)13-4-3-11(14(19)8-13)9-22-5-2-6-23-17(20)21/h3-4,7-8,10,22H,2,5-6,9H2,1H3,(H4,20,21,23)(H,24,25,27). The van der Waals surface area contributed by atoms with Crippen LogP contribution in [0.4, 0.5) is 4.39 Å². The van der Waals surface area contributed by atoms with Gasteiger partial charge in [-0.3, -0.25) is 9.56 Å². The number of nitrogens with two attached hydrogens (primary N) is 2. The van der Waals surface area contributed by atoms with Crippen LogP contribution in [-0.4, -0.2) is 39.8 Å². The fourth-order valence-electron chi connectivity index (χ4n) is 2.73. The first-order chi connectivity index (χ1) is 13.5. The highest BCUT2D eigenvalue weighted by Gasteiger charge is 2.10. The van der Waals surface area contributed by atoms with Crippen molar-refractivity contribution < 1.29 is 4.39 Å². The molecule has 0 amide bonds. The molecule has 28 heavy (non-hydrogen) atoms. The van der Waals surface area contributed by atoms with Gasteiger partial charge in [0.25, 0.3) is 0 Å². The topological polar surface area (TPSA) is 127 Å². The Hall–Kier alpha value is -2.85. The fourth-order valence-corrected chi connectivity index (χ4v) is 3.17. The number of aromatic nitrogens is 3. The molecule has 3 rings (SSSR count). The first kappa shape index (κ1) is 19.9. The summed E-state index contributed by atoms with van der Waals surface area (Å²) in [7, 11) is 0. The monoisotopic (exact) mass is 403 g/mol. The summed E-state index contributed by atoms with van der Waals surface area (Å²) >= 11 is 1.53. The van der Waals surface area contributed by atoms with Crippen LogP contribution in [0.25, 0.3) is 16.7 Å². The number of nitrogens with one attached hydrogen (secondary N) is 2. The number of hydrogen-bond donors (Lipinski definition) is 4. The number of hydrogen-bond acceptors (Lipinski definition) is 5. The van der Waals surface area contributed by atoms with Crippen molar-refractivity contribution in [2.75, 3.05) is 19.3 Å². The van der Waals surface area contributed by atoms with E-state index in [1.165, 1.54) is 22.4 Å². The predicted molar refractivity (Wildman–Crippen MR) is 110 cm³/mol. The summed E-state index contributed by atoms with van der Waals surface area (Å²) in [4.78, 5) is 23.3. The van der Waals surface area contributed by atoms with Crippen LogP contribution in [0.2, 0.25) is 0 Å². The molecule has 6 N–H and O–H groups in total. The number of rotatable bonds is 8. The summed E-state index contributed by atoms with van der Waals surface area (Å²) in [5.41, 5.74) is 11.5. The minimum absolute atomic E-state index is 0.0638. The van der Waals surface area contributed by atoms with Crippen molar-refractivity contribution in [3.05, 3.63) is 52.3 Å². The van der Waals surface area contributed by atoms with Crippen LogP contribution in [0.3, 0.4) is 0 Å². The van der Waals surface area contributed by atoms with E-state index in [0.29, 0.717) is 36.5 Å². The van der Waals surface area contributed by atoms with Gasteiger partial charge in [-0.1, -0.05) is 6.07 Å². The number of fused-ring (bicyclic) bond motifs is 1. The highest BCUT2D eigenvalue weighted by Crippen LogP contribution is 2.20. The molecular formula is C18H22FN7OS. The lowest BCUT2D eigenvalue weighted by molar-refractivity contribution is 0.582. The van der Waals surface area contributed by atoms with Crippen molar-refractivity contribution in [3.8, 4) is 5.69 Å². The van der Waals surface area contributed by atoms with Crippen molar-refractivity contribution in [2.24, 2.45) is 16.5 Å². The number of H-pyrrole nitrogens is 1. The molecule has 0 aliphatic rings. The van der Waals surface area contributed by atoms with Crippen molar-refractivity contribution in [3.63, 3.8) is 0 Å². The molecule has 3 aromatic rings. The predicted octanol–water partition coefficient (Wildman–Crippen LogP) is 1.33. The van der Waals surface area contributed by atoms with Crippen LogP contribution in [-0.2, 0) is 6.54 Å². The summed E-state index contributed by atoms with van der Waals surface area (Å²) in [5.74, 6) is -0.325. The van der Waals surface area contributed by atoms with Crippen molar-refractivity contribution in [2.45, 2.75) is 18.0 Å². The molecular weight excluding hydrogens is 381 g/mol. The van der Waals surface area contributed by atoms with Crippen LogP contribution < -0.4 is 22.5 Å². The highest BCUT2D eigenvalue weighted by atomic mass is 32.2. The largest absolute Gasteiger partial charge is 0.370 e. The summed E-state index contributed by atoms with van der Waals surface area (Å²) in [6.45, 7) is 1.55. The number of nitrogens with zero attached hydrogens (tertiary/aromatic N) is 3. The van der Waals surface area contributed by atoms with Gasteiger partial charge in [-0.25, -0.2) is 9.18 Å². The molecule has 0 radical (unpaired) electrons. The molecule has 0 aliphatic heterocycles. The Bertz CT molecular complexity index is 1060. The summed E-state index contributed by atoms with van der Waals surface area (Å²) < 4.78 is 15.8. The molecule has 0 saturated heterocycles. The average Bonchev–Trinajstić information content (AvgIpc) is 3.06. The van der Waals surface area contributed by atoms with E-state index in [4.69, 9.17) is 11.5 Å². The zero-order valence-electron chi connectivity index (χ0n) is 15.4. The first-order valence-electron chi connectivity index (χ1n) is 8.69. The Kier molecular flexibility index (Phi) is 6.32. The second kappa shape index (κ2) is 8.89. The summed E-state index contributed by atoms with van der Waals surface area (Å²) in [5, 5.41) is 4.84. The quantitative estimate of drug-likeness (QED) is 0.194. The van der Waals surface area contributed by atoms with Crippen LogP contribution in [0.15, 0.2) is 45.3 Å².